The van der Waals surface area contributed by atoms with Crippen LogP contribution in [-0.2, 0) is 0 Å². The van der Waals surface area contributed by atoms with Gasteiger partial charge >= 0.3 is 0 Å². The van der Waals surface area contributed by atoms with E-state index in [1.807, 2.05) is 6.08 Å². The molecule has 0 saturated carbocycles. The molecule has 0 aromatic heterocycles. The van der Waals surface area contributed by atoms with Gasteiger partial charge in [0.25, 0.3) is 0 Å². The molecule has 0 bridgehead atoms. The lowest BCUT2D eigenvalue weighted by atomic mass is 9.97. The molecule has 4 heteroatoms. The Balaban J connectivity index is 2.31. The molecule has 1 aromatic carbocycles. The van der Waals surface area contributed by atoms with Gasteiger partial charge in [0.15, 0.2) is 0 Å². The molecular weight excluding hydrogens is 372 g/mol. The van der Waals surface area contributed by atoms with Gasteiger partial charge in [-0.15, -0.1) is 11.8 Å². The fourth-order valence-corrected chi connectivity index (χ4v) is 3.83. The Kier molecular flexibility index (Phi) is 8.49. The molecule has 0 amide bonds. The van der Waals surface area contributed by atoms with Crippen molar-refractivity contribution in [1.29, 1.82) is 0 Å². The summed E-state index contributed by atoms with van der Waals surface area (Å²) < 4.78 is 0. The highest BCUT2D eigenvalue weighted by Gasteiger charge is 2.18. The summed E-state index contributed by atoms with van der Waals surface area (Å²) >= 11 is 7.81. The van der Waals surface area contributed by atoms with E-state index in [-0.39, 0.29) is 0 Å². The molecule has 0 atom stereocenters. The van der Waals surface area contributed by atoms with Crippen molar-refractivity contribution in [3.63, 3.8) is 0 Å². The van der Waals surface area contributed by atoms with Crippen LogP contribution < -0.4 is 4.90 Å². The molecule has 1 aliphatic heterocycles. The van der Waals surface area contributed by atoms with Crippen LogP contribution in [0.15, 0.2) is 77.2 Å². The van der Waals surface area contributed by atoms with E-state index < -0.39 is 0 Å². The molecule has 1 aliphatic rings. The number of anilines is 1. The second kappa shape index (κ2) is 10.6. The molecule has 1 aromatic rings. The summed E-state index contributed by atoms with van der Waals surface area (Å²) in [6.07, 6.45) is 10.4. The molecular formula is C23H29ClN2S. The van der Waals surface area contributed by atoms with Crippen LogP contribution in [0.5, 0.6) is 0 Å². The standard InChI is InChI=1S/C23H29ClN2S/c1-6-9-21(24)12-7-10-18(2)23(19(3)27-5)20-11-8-13-22(16-20)26-15-14-25(4)17-26/h6-9,11-13,16H,1,3,10,14-15,17H2,2,4-5H3/b12-7-,21-9+,23-18-. The van der Waals surface area contributed by atoms with E-state index in [1.165, 1.54) is 22.4 Å². The number of rotatable bonds is 8. The number of hydrogen-bond acceptors (Lipinski definition) is 3. The van der Waals surface area contributed by atoms with Crippen LogP contribution >= 0.6 is 23.4 Å². The summed E-state index contributed by atoms with van der Waals surface area (Å²) in [5.74, 6) is 0. The fraction of sp³-hybridized carbons (Fsp3) is 0.304. The summed E-state index contributed by atoms with van der Waals surface area (Å²) in [7, 11) is 2.16. The third-order valence-electron chi connectivity index (χ3n) is 4.59. The van der Waals surface area contributed by atoms with Gasteiger partial charge in [0.1, 0.15) is 0 Å². The Bertz CT molecular complexity index is 776. The molecule has 2 nitrogen and oxygen atoms in total. The monoisotopic (exact) mass is 400 g/mol. The zero-order valence-electron chi connectivity index (χ0n) is 16.5. The van der Waals surface area contributed by atoms with Crippen LogP contribution in [0, 0.1) is 0 Å². The van der Waals surface area contributed by atoms with Crippen molar-refractivity contribution < 1.29 is 0 Å². The Morgan fingerprint density at radius 2 is 2.11 bits per heavy atom. The van der Waals surface area contributed by atoms with Gasteiger partial charge in [-0.3, -0.25) is 4.90 Å². The Morgan fingerprint density at radius 1 is 1.33 bits per heavy atom. The number of benzene rings is 1. The highest BCUT2D eigenvalue weighted by Crippen LogP contribution is 2.35. The average Bonchev–Trinajstić information content (AvgIpc) is 3.08. The third-order valence-corrected chi connectivity index (χ3v) is 5.54. The van der Waals surface area contributed by atoms with Gasteiger partial charge in [-0.25, -0.2) is 0 Å². The molecule has 1 fully saturated rings. The van der Waals surface area contributed by atoms with Gasteiger partial charge < -0.3 is 4.90 Å². The lowest BCUT2D eigenvalue weighted by Gasteiger charge is -2.20. The fourth-order valence-electron chi connectivity index (χ4n) is 3.16. The first-order valence-corrected chi connectivity index (χ1v) is 10.7. The van der Waals surface area contributed by atoms with Crippen molar-refractivity contribution >= 4 is 34.6 Å². The number of thioether (sulfide) groups is 1. The van der Waals surface area contributed by atoms with Gasteiger partial charge in [-0.05, 0) is 62.1 Å². The van der Waals surface area contributed by atoms with Crippen LogP contribution in [0.2, 0.25) is 0 Å². The van der Waals surface area contributed by atoms with E-state index in [0.29, 0.717) is 5.03 Å². The number of halogens is 1. The predicted octanol–water partition coefficient (Wildman–Crippen LogP) is 6.30. The Labute approximate surface area is 173 Å². The molecule has 0 radical (unpaired) electrons. The lowest BCUT2D eigenvalue weighted by Crippen LogP contribution is -2.22. The van der Waals surface area contributed by atoms with Crippen molar-refractivity contribution in [2.24, 2.45) is 0 Å². The van der Waals surface area contributed by atoms with E-state index in [0.717, 1.165) is 31.1 Å². The second-order valence-corrected chi connectivity index (χ2v) is 8.05. The minimum Gasteiger partial charge on any atom is -0.357 e. The molecule has 0 aliphatic carbocycles. The molecule has 0 unspecified atom stereocenters. The van der Waals surface area contributed by atoms with E-state index in [2.05, 4.69) is 73.5 Å². The minimum atomic E-state index is 0.684. The van der Waals surface area contributed by atoms with Crippen LogP contribution in [-0.4, -0.2) is 38.0 Å². The Hall–Kier alpha value is -1.68. The van der Waals surface area contributed by atoms with Gasteiger partial charge in [0.2, 0.25) is 0 Å². The van der Waals surface area contributed by atoms with Crippen LogP contribution in [0.4, 0.5) is 5.69 Å². The van der Waals surface area contributed by atoms with Gasteiger partial charge in [-0.1, -0.05) is 54.6 Å². The number of nitrogens with zero attached hydrogens (tertiary/aromatic N) is 2. The molecule has 27 heavy (non-hydrogen) atoms. The van der Waals surface area contributed by atoms with Crippen molar-refractivity contribution in [2.45, 2.75) is 13.3 Å². The van der Waals surface area contributed by atoms with Crippen LogP contribution in [0.25, 0.3) is 5.57 Å². The van der Waals surface area contributed by atoms with Crippen LogP contribution in [0.3, 0.4) is 0 Å². The topological polar surface area (TPSA) is 6.48 Å². The van der Waals surface area contributed by atoms with E-state index in [1.54, 1.807) is 23.9 Å². The summed E-state index contributed by atoms with van der Waals surface area (Å²) in [6, 6.07) is 8.80. The molecule has 1 saturated heterocycles. The molecule has 0 spiro atoms. The van der Waals surface area contributed by atoms with Crippen LogP contribution in [0.1, 0.15) is 18.9 Å². The first-order valence-electron chi connectivity index (χ1n) is 9.08. The maximum atomic E-state index is 6.11. The smallest absolute Gasteiger partial charge is 0.0705 e. The van der Waals surface area contributed by atoms with Crippen molar-refractivity contribution in [1.82, 2.24) is 4.90 Å². The summed E-state index contributed by atoms with van der Waals surface area (Å²) in [5.41, 5.74) is 5.00. The van der Waals surface area contributed by atoms with Crippen molar-refractivity contribution in [3.05, 3.63) is 82.8 Å². The maximum absolute atomic E-state index is 6.11. The Morgan fingerprint density at radius 3 is 2.74 bits per heavy atom. The number of allylic oxidation sites excluding steroid dienone is 7. The SMILES string of the molecule is C=C/C=C(Cl)\C=C/C/C(C)=C(/C(=C)SC)c1cccc(N2CCN(C)C2)c1. The quantitative estimate of drug-likeness (QED) is 0.472. The zero-order chi connectivity index (χ0) is 19.8. The normalized spacial score (nSPS) is 16.7. The zero-order valence-corrected chi connectivity index (χ0v) is 18.1. The minimum absolute atomic E-state index is 0.684. The average molecular weight is 401 g/mol. The summed E-state index contributed by atoms with van der Waals surface area (Å²) in [5, 5.41) is 0.684. The van der Waals surface area contributed by atoms with E-state index in [9.17, 15) is 0 Å². The van der Waals surface area contributed by atoms with E-state index >= 15 is 0 Å². The summed E-state index contributed by atoms with van der Waals surface area (Å²) in [4.78, 5) is 5.84. The largest absolute Gasteiger partial charge is 0.357 e. The van der Waals surface area contributed by atoms with Crippen molar-refractivity contribution in [2.75, 3.05) is 38.0 Å². The number of hydrogen-bond donors (Lipinski definition) is 0. The molecule has 2 rings (SSSR count). The molecule has 0 N–H and O–H groups in total. The first-order chi connectivity index (χ1) is 13.0. The predicted molar refractivity (Wildman–Crippen MR) is 124 cm³/mol. The maximum Gasteiger partial charge on any atom is 0.0705 e. The van der Waals surface area contributed by atoms with E-state index in [4.69, 9.17) is 11.6 Å². The van der Waals surface area contributed by atoms with Gasteiger partial charge in [-0.2, -0.15) is 0 Å². The molecule has 144 valence electrons. The first kappa shape index (κ1) is 21.6. The third kappa shape index (κ3) is 6.17. The lowest BCUT2D eigenvalue weighted by molar-refractivity contribution is 0.421. The van der Waals surface area contributed by atoms with Gasteiger partial charge in [0, 0.05) is 28.7 Å². The van der Waals surface area contributed by atoms with Crippen molar-refractivity contribution in [3.8, 4) is 0 Å². The highest BCUT2D eigenvalue weighted by atomic mass is 35.5. The van der Waals surface area contributed by atoms with Gasteiger partial charge in [0.05, 0.1) is 6.67 Å². The second-order valence-electron chi connectivity index (χ2n) is 6.71. The molecule has 1 heterocycles. The summed E-state index contributed by atoms with van der Waals surface area (Å²) in [6.45, 7) is 13.3. The number of likely N-dealkylation sites (N-methyl/N-ethyl adjacent to an activating group) is 1. The highest BCUT2D eigenvalue weighted by molar-refractivity contribution is 8.02.